The molecular weight excluding hydrogens is 356 g/mol. The Hall–Kier alpha value is -2.90. The first-order valence-corrected chi connectivity index (χ1v) is 9.33. The van der Waals surface area contributed by atoms with Crippen molar-refractivity contribution in [3.8, 4) is 11.5 Å². The van der Waals surface area contributed by atoms with Gasteiger partial charge in [0.1, 0.15) is 17.5 Å². The molecule has 0 aromatic heterocycles. The van der Waals surface area contributed by atoms with Crippen molar-refractivity contribution in [2.24, 2.45) is 11.0 Å². The molecule has 1 aliphatic heterocycles. The van der Waals surface area contributed by atoms with Gasteiger partial charge >= 0.3 is 0 Å². The molecule has 3 atom stereocenters. The van der Waals surface area contributed by atoms with Crippen molar-refractivity contribution < 1.29 is 14.3 Å². The Balaban J connectivity index is 1.58. The third kappa shape index (κ3) is 4.68. The highest BCUT2D eigenvalue weighted by Crippen LogP contribution is 2.29. The van der Waals surface area contributed by atoms with Gasteiger partial charge in [0.25, 0.3) is 5.91 Å². The minimum absolute atomic E-state index is 0.0220. The second-order valence-corrected chi connectivity index (χ2v) is 6.62. The highest BCUT2D eigenvalue weighted by molar-refractivity contribution is 5.85. The quantitative estimate of drug-likeness (QED) is 0.506. The van der Waals surface area contributed by atoms with Crippen LogP contribution in [0, 0.1) is 5.92 Å². The van der Waals surface area contributed by atoms with Crippen LogP contribution >= 0.6 is 0 Å². The molecule has 2 aromatic carbocycles. The van der Waals surface area contributed by atoms with E-state index in [1.165, 1.54) is 0 Å². The number of rotatable bonds is 7. The summed E-state index contributed by atoms with van der Waals surface area (Å²) in [5, 5.41) is 4.06. The van der Waals surface area contributed by atoms with E-state index in [9.17, 15) is 4.79 Å². The fourth-order valence-corrected chi connectivity index (χ4v) is 3.23. The minimum Gasteiger partial charge on any atom is -0.497 e. The summed E-state index contributed by atoms with van der Waals surface area (Å²) in [6, 6.07) is 15.0. The van der Waals surface area contributed by atoms with Gasteiger partial charge in [0.05, 0.1) is 26.0 Å². The van der Waals surface area contributed by atoms with Crippen LogP contribution in [0.4, 0.5) is 0 Å². The molecule has 0 radical (unpaired) electrons. The average molecular weight is 382 g/mol. The number of nitrogens with zero attached hydrogens (tertiary/aromatic N) is 1. The molecule has 1 fully saturated rings. The fourth-order valence-electron chi connectivity index (χ4n) is 3.23. The molecule has 0 spiro atoms. The first kappa shape index (κ1) is 19.9. The van der Waals surface area contributed by atoms with E-state index in [0.717, 1.165) is 22.6 Å². The van der Waals surface area contributed by atoms with Crippen LogP contribution in [0.5, 0.6) is 11.5 Å². The molecule has 3 unspecified atom stereocenters. The van der Waals surface area contributed by atoms with E-state index in [4.69, 9.17) is 9.47 Å². The predicted molar refractivity (Wildman–Crippen MR) is 108 cm³/mol. The van der Waals surface area contributed by atoms with Crippen LogP contribution in [0.25, 0.3) is 0 Å². The van der Waals surface area contributed by atoms with E-state index in [0.29, 0.717) is 6.61 Å². The summed E-state index contributed by atoms with van der Waals surface area (Å²) in [6.07, 6.45) is 1.59. The summed E-state index contributed by atoms with van der Waals surface area (Å²) < 4.78 is 10.7. The van der Waals surface area contributed by atoms with E-state index in [-0.39, 0.29) is 23.9 Å². The predicted octanol–water partition coefficient (Wildman–Crippen LogP) is 2.40. The van der Waals surface area contributed by atoms with Crippen LogP contribution < -0.4 is 25.8 Å². The van der Waals surface area contributed by atoms with Gasteiger partial charge in [0, 0.05) is 5.92 Å². The zero-order valence-electron chi connectivity index (χ0n) is 16.3. The molecule has 7 heteroatoms. The van der Waals surface area contributed by atoms with E-state index in [1.807, 2.05) is 62.4 Å². The molecule has 0 bridgehead atoms. The van der Waals surface area contributed by atoms with Gasteiger partial charge < -0.3 is 9.47 Å². The van der Waals surface area contributed by atoms with Crippen molar-refractivity contribution in [2.45, 2.75) is 25.9 Å². The van der Waals surface area contributed by atoms with Gasteiger partial charge in [-0.05, 0) is 42.3 Å². The number of ether oxygens (including phenoxy) is 2. The summed E-state index contributed by atoms with van der Waals surface area (Å²) >= 11 is 0. The molecule has 1 aliphatic rings. The van der Waals surface area contributed by atoms with Crippen molar-refractivity contribution in [3.63, 3.8) is 0 Å². The van der Waals surface area contributed by atoms with Gasteiger partial charge in [-0.2, -0.15) is 5.10 Å². The Morgan fingerprint density at radius 3 is 2.68 bits per heavy atom. The molecule has 148 valence electrons. The van der Waals surface area contributed by atoms with Crippen molar-refractivity contribution in [2.75, 3.05) is 13.7 Å². The largest absolute Gasteiger partial charge is 0.497 e. The lowest BCUT2D eigenvalue weighted by Gasteiger charge is -2.18. The third-order valence-corrected chi connectivity index (χ3v) is 4.76. The molecule has 3 N–H and O–H groups in total. The molecule has 1 amide bonds. The summed E-state index contributed by atoms with van der Waals surface area (Å²) in [5.74, 6) is 1.44. The summed E-state index contributed by atoms with van der Waals surface area (Å²) in [7, 11) is 1.61. The van der Waals surface area contributed by atoms with Gasteiger partial charge in [-0.15, -0.1) is 0 Å². The summed E-state index contributed by atoms with van der Waals surface area (Å²) in [6.45, 7) is 4.63. The number of benzene rings is 2. The molecule has 0 aliphatic carbocycles. The van der Waals surface area contributed by atoms with Crippen molar-refractivity contribution in [3.05, 3.63) is 59.7 Å². The molecule has 1 saturated heterocycles. The Bertz CT molecular complexity index is 823. The van der Waals surface area contributed by atoms with Crippen LogP contribution in [-0.4, -0.2) is 31.9 Å². The van der Waals surface area contributed by atoms with Crippen molar-refractivity contribution in [1.29, 1.82) is 0 Å². The maximum Gasteiger partial charge on any atom is 0.258 e. The maximum atomic E-state index is 12.5. The first-order chi connectivity index (χ1) is 13.6. The van der Waals surface area contributed by atoms with Crippen LogP contribution in [0.2, 0.25) is 0 Å². The van der Waals surface area contributed by atoms with Crippen LogP contribution in [-0.2, 0) is 4.79 Å². The number of carbonyl (C=O) groups excluding carboxylic acids is 1. The van der Waals surface area contributed by atoms with Crippen LogP contribution in [0.15, 0.2) is 53.6 Å². The van der Waals surface area contributed by atoms with Gasteiger partial charge in [0.15, 0.2) is 0 Å². The molecule has 3 rings (SSSR count). The van der Waals surface area contributed by atoms with Crippen LogP contribution in [0.1, 0.15) is 31.0 Å². The van der Waals surface area contributed by atoms with Gasteiger partial charge in [-0.3, -0.25) is 4.79 Å². The summed E-state index contributed by atoms with van der Waals surface area (Å²) in [5.41, 5.74) is 10.8. The lowest BCUT2D eigenvalue weighted by Crippen LogP contribution is -2.43. The van der Waals surface area contributed by atoms with Crippen molar-refractivity contribution >= 4 is 12.1 Å². The number of amides is 1. The topological polar surface area (TPSA) is 84.0 Å². The van der Waals surface area contributed by atoms with Gasteiger partial charge in [0.2, 0.25) is 0 Å². The molecular formula is C21H26N4O3. The van der Waals surface area contributed by atoms with E-state index >= 15 is 0 Å². The van der Waals surface area contributed by atoms with E-state index < -0.39 is 0 Å². The Labute approximate surface area is 165 Å². The average Bonchev–Trinajstić information content (AvgIpc) is 3.10. The van der Waals surface area contributed by atoms with Gasteiger partial charge in [-0.25, -0.2) is 16.3 Å². The number of hydrazone groups is 1. The second kappa shape index (κ2) is 9.34. The molecule has 28 heavy (non-hydrogen) atoms. The smallest absolute Gasteiger partial charge is 0.258 e. The number of hydrogen-bond donors (Lipinski definition) is 3. The Morgan fingerprint density at radius 2 is 1.96 bits per heavy atom. The maximum absolute atomic E-state index is 12.5. The molecule has 1 heterocycles. The number of methoxy groups -OCH3 is 1. The Morgan fingerprint density at radius 1 is 1.18 bits per heavy atom. The Kier molecular flexibility index (Phi) is 6.62. The second-order valence-electron chi connectivity index (χ2n) is 6.62. The fraction of sp³-hybridized carbons (Fsp3) is 0.333. The number of hydrazine groups is 1. The lowest BCUT2D eigenvalue weighted by molar-refractivity contribution is -0.123. The molecule has 0 saturated carbocycles. The highest BCUT2D eigenvalue weighted by atomic mass is 16.5. The number of hydrogen-bond acceptors (Lipinski definition) is 6. The summed E-state index contributed by atoms with van der Waals surface area (Å²) in [4.78, 5) is 12.5. The molecule has 2 aromatic rings. The normalized spacial score (nSPS) is 21.6. The van der Waals surface area contributed by atoms with E-state index in [1.54, 1.807) is 13.3 Å². The SMILES string of the molecule is CCOc1ccc(C2NNC(C(=O)N/N=C/c3cccc(OC)c3)C2C)cc1. The lowest BCUT2D eigenvalue weighted by atomic mass is 9.91. The molecule has 7 nitrogen and oxygen atoms in total. The van der Waals surface area contributed by atoms with Gasteiger partial charge in [-0.1, -0.05) is 31.2 Å². The van der Waals surface area contributed by atoms with Crippen molar-refractivity contribution in [1.82, 2.24) is 16.3 Å². The zero-order chi connectivity index (χ0) is 19.9. The van der Waals surface area contributed by atoms with Crippen LogP contribution in [0.3, 0.4) is 0 Å². The monoisotopic (exact) mass is 382 g/mol. The number of nitrogens with one attached hydrogen (secondary N) is 3. The zero-order valence-corrected chi connectivity index (χ0v) is 16.3. The first-order valence-electron chi connectivity index (χ1n) is 9.33. The third-order valence-electron chi connectivity index (χ3n) is 4.76. The number of carbonyl (C=O) groups is 1. The minimum atomic E-state index is -0.390. The van der Waals surface area contributed by atoms with E-state index in [2.05, 4.69) is 21.4 Å². The highest BCUT2D eigenvalue weighted by Gasteiger charge is 2.37. The standard InChI is InChI=1S/C21H26N4O3/c1-4-28-17-10-8-16(9-11-17)19-14(2)20(24-23-19)21(26)25-22-13-15-6-5-7-18(12-15)27-3/h5-14,19-20,23-24H,4H2,1-3H3,(H,25,26)/b22-13+.